The lowest BCUT2D eigenvalue weighted by molar-refractivity contribution is 0.141. The van der Waals surface area contributed by atoms with Crippen LogP contribution in [0, 0.1) is 11.3 Å². The van der Waals surface area contributed by atoms with Crippen LogP contribution in [0.4, 0.5) is 5.69 Å². The molecular formula is C14H20N4O. The number of rotatable bonds is 3. The minimum absolute atomic E-state index is 0.191. The second-order valence-electron chi connectivity index (χ2n) is 4.91. The van der Waals surface area contributed by atoms with Gasteiger partial charge in [0, 0.05) is 38.4 Å². The predicted octanol–water partition coefficient (Wildman–Crippen LogP) is 0.846. The molecule has 2 heterocycles. The molecule has 19 heavy (non-hydrogen) atoms. The monoisotopic (exact) mass is 260 g/mol. The fourth-order valence-corrected chi connectivity index (χ4v) is 2.47. The van der Waals surface area contributed by atoms with Crippen molar-refractivity contribution in [1.29, 1.82) is 5.26 Å². The van der Waals surface area contributed by atoms with E-state index >= 15 is 0 Å². The van der Waals surface area contributed by atoms with Crippen molar-refractivity contribution >= 4 is 5.69 Å². The van der Waals surface area contributed by atoms with Gasteiger partial charge in [0.1, 0.15) is 6.07 Å². The first-order valence-electron chi connectivity index (χ1n) is 6.70. The summed E-state index contributed by atoms with van der Waals surface area (Å²) in [6, 6.07) is 4.18. The molecule has 0 bridgehead atoms. The Morgan fingerprint density at radius 3 is 3.00 bits per heavy atom. The van der Waals surface area contributed by atoms with Gasteiger partial charge < -0.3 is 10.0 Å². The first-order valence-corrected chi connectivity index (χ1v) is 6.70. The van der Waals surface area contributed by atoms with Crippen molar-refractivity contribution in [3.63, 3.8) is 0 Å². The molecule has 1 aromatic heterocycles. The second kappa shape index (κ2) is 6.50. The van der Waals surface area contributed by atoms with Crippen LogP contribution in [0.3, 0.4) is 0 Å². The highest BCUT2D eigenvalue weighted by Crippen LogP contribution is 2.20. The molecule has 1 N–H and O–H groups in total. The van der Waals surface area contributed by atoms with Gasteiger partial charge in [-0.2, -0.15) is 5.26 Å². The lowest BCUT2D eigenvalue weighted by Gasteiger charge is -2.27. The summed E-state index contributed by atoms with van der Waals surface area (Å²) in [6.07, 6.45) is 4.45. The normalized spacial score (nSPS) is 18.7. The zero-order chi connectivity index (χ0) is 13.7. The Morgan fingerprint density at radius 1 is 1.42 bits per heavy atom. The van der Waals surface area contributed by atoms with E-state index in [1.807, 2.05) is 6.92 Å². The second-order valence-corrected chi connectivity index (χ2v) is 4.91. The lowest BCUT2D eigenvalue weighted by atomic mass is 10.2. The number of hydrogen-bond acceptors (Lipinski definition) is 5. The van der Waals surface area contributed by atoms with E-state index in [4.69, 9.17) is 5.26 Å². The Bertz CT molecular complexity index is 457. The van der Waals surface area contributed by atoms with Crippen LogP contribution in [0.15, 0.2) is 18.5 Å². The maximum atomic E-state index is 9.24. The Labute approximate surface area is 114 Å². The number of aromatic nitrogens is 1. The minimum Gasteiger partial charge on any atom is -0.395 e. The first-order chi connectivity index (χ1) is 9.26. The summed E-state index contributed by atoms with van der Waals surface area (Å²) in [4.78, 5) is 8.63. The van der Waals surface area contributed by atoms with E-state index in [1.54, 1.807) is 18.5 Å². The molecule has 1 fully saturated rings. The highest BCUT2D eigenvalue weighted by Gasteiger charge is 2.20. The molecule has 0 aliphatic carbocycles. The van der Waals surface area contributed by atoms with Gasteiger partial charge in [-0.3, -0.25) is 9.88 Å². The Balaban J connectivity index is 2.09. The van der Waals surface area contributed by atoms with Crippen molar-refractivity contribution in [2.75, 3.05) is 37.7 Å². The fraction of sp³-hybridized carbons (Fsp3) is 0.571. The van der Waals surface area contributed by atoms with Gasteiger partial charge in [0.2, 0.25) is 0 Å². The van der Waals surface area contributed by atoms with E-state index in [1.165, 1.54) is 0 Å². The lowest BCUT2D eigenvalue weighted by Crippen LogP contribution is -2.38. The summed E-state index contributed by atoms with van der Waals surface area (Å²) >= 11 is 0. The van der Waals surface area contributed by atoms with Gasteiger partial charge >= 0.3 is 0 Å². The summed E-state index contributed by atoms with van der Waals surface area (Å²) in [7, 11) is 0. The highest BCUT2D eigenvalue weighted by molar-refractivity contribution is 5.57. The molecular weight excluding hydrogens is 240 g/mol. The van der Waals surface area contributed by atoms with Gasteiger partial charge in [0.15, 0.2) is 0 Å². The van der Waals surface area contributed by atoms with Gasteiger partial charge in [-0.25, -0.2) is 0 Å². The number of anilines is 1. The largest absolute Gasteiger partial charge is 0.395 e. The zero-order valence-electron chi connectivity index (χ0n) is 11.3. The van der Waals surface area contributed by atoms with E-state index in [2.05, 4.69) is 20.9 Å². The van der Waals surface area contributed by atoms with E-state index in [0.29, 0.717) is 5.56 Å². The maximum absolute atomic E-state index is 9.24. The van der Waals surface area contributed by atoms with Crippen molar-refractivity contribution in [2.24, 2.45) is 0 Å². The third kappa shape index (κ3) is 3.22. The van der Waals surface area contributed by atoms with E-state index in [0.717, 1.165) is 38.3 Å². The van der Waals surface area contributed by atoms with Crippen molar-refractivity contribution in [2.45, 2.75) is 19.4 Å². The quantitative estimate of drug-likeness (QED) is 0.872. The van der Waals surface area contributed by atoms with Crippen LogP contribution in [0.2, 0.25) is 0 Å². The van der Waals surface area contributed by atoms with Gasteiger partial charge in [-0.15, -0.1) is 0 Å². The Morgan fingerprint density at radius 2 is 2.26 bits per heavy atom. The Hall–Kier alpha value is -1.64. The third-order valence-electron chi connectivity index (χ3n) is 3.68. The van der Waals surface area contributed by atoms with E-state index in [-0.39, 0.29) is 12.6 Å². The summed E-state index contributed by atoms with van der Waals surface area (Å²) in [6.45, 7) is 5.92. The van der Waals surface area contributed by atoms with Crippen LogP contribution >= 0.6 is 0 Å². The molecule has 0 radical (unpaired) electrons. The maximum Gasteiger partial charge on any atom is 0.101 e. The smallest absolute Gasteiger partial charge is 0.101 e. The van der Waals surface area contributed by atoms with Gasteiger partial charge in [0.05, 0.1) is 24.1 Å². The standard InChI is InChI=1S/C14H20N4O/c1-12(11-19)17-5-2-6-18(8-7-17)14-10-16-4-3-13(14)9-15/h3-4,10,12,19H,2,5-8,11H2,1H3. The van der Waals surface area contributed by atoms with E-state index in [9.17, 15) is 5.11 Å². The summed E-state index contributed by atoms with van der Waals surface area (Å²) in [5, 5.41) is 18.4. The first kappa shape index (κ1) is 13.8. The molecule has 1 atom stereocenters. The molecule has 1 unspecified atom stereocenters. The van der Waals surface area contributed by atoms with Crippen molar-refractivity contribution in [3.8, 4) is 6.07 Å². The van der Waals surface area contributed by atoms with Gasteiger partial charge in [0.25, 0.3) is 0 Å². The van der Waals surface area contributed by atoms with Crippen molar-refractivity contribution in [1.82, 2.24) is 9.88 Å². The number of hydrogen-bond donors (Lipinski definition) is 1. The molecule has 102 valence electrons. The number of nitriles is 1. The van der Waals surface area contributed by atoms with Crippen LogP contribution in [-0.4, -0.2) is 53.8 Å². The van der Waals surface area contributed by atoms with Crippen molar-refractivity contribution in [3.05, 3.63) is 24.0 Å². The van der Waals surface area contributed by atoms with Crippen LogP contribution in [0.1, 0.15) is 18.9 Å². The Kier molecular flexibility index (Phi) is 4.72. The minimum atomic E-state index is 0.191. The predicted molar refractivity (Wildman–Crippen MR) is 73.9 cm³/mol. The molecule has 1 aromatic rings. The topological polar surface area (TPSA) is 63.4 Å². The molecule has 0 amide bonds. The summed E-state index contributed by atoms with van der Waals surface area (Å²) in [5.41, 5.74) is 1.60. The molecule has 0 spiro atoms. The molecule has 5 nitrogen and oxygen atoms in total. The molecule has 1 saturated heterocycles. The zero-order valence-corrected chi connectivity index (χ0v) is 11.3. The molecule has 0 aromatic carbocycles. The molecule has 2 rings (SSSR count). The molecule has 5 heteroatoms. The SMILES string of the molecule is CC(CO)N1CCCN(c2cnccc2C#N)CC1. The summed E-state index contributed by atoms with van der Waals surface area (Å²) < 4.78 is 0. The van der Waals surface area contributed by atoms with Crippen LogP contribution in [-0.2, 0) is 0 Å². The number of aliphatic hydroxyl groups is 1. The third-order valence-corrected chi connectivity index (χ3v) is 3.68. The van der Waals surface area contributed by atoms with Gasteiger partial charge in [-0.1, -0.05) is 0 Å². The number of pyridine rings is 1. The average Bonchev–Trinajstić information content (AvgIpc) is 2.72. The van der Waals surface area contributed by atoms with Gasteiger partial charge in [-0.05, 0) is 19.4 Å². The molecule has 1 aliphatic heterocycles. The van der Waals surface area contributed by atoms with Crippen LogP contribution < -0.4 is 4.90 Å². The number of aliphatic hydroxyl groups excluding tert-OH is 1. The van der Waals surface area contributed by atoms with E-state index < -0.39 is 0 Å². The fourth-order valence-electron chi connectivity index (χ4n) is 2.47. The van der Waals surface area contributed by atoms with Crippen molar-refractivity contribution < 1.29 is 5.11 Å². The molecule has 1 aliphatic rings. The highest BCUT2D eigenvalue weighted by atomic mass is 16.3. The average molecular weight is 260 g/mol. The number of nitrogens with zero attached hydrogens (tertiary/aromatic N) is 4. The molecule has 0 saturated carbocycles. The van der Waals surface area contributed by atoms with Crippen LogP contribution in [0.5, 0.6) is 0 Å². The van der Waals surface area contributed by atoms with Crippen LogP contribution in [0.25, 0.3) is 0 Å². The summed E-state index contributed by atoms with van der Waals surface area (Å²) in [5.74, 6) is 0.